The lowest BCUT2D eigenvalue weighted by atomic mass is 10.0. The second kappa shape index (κ2) is 14.7. The van der Waals surface area contributed by atoms with E-state index in [-0.39, 0.29) is 24.8 Å². The molecule has 2 amide bonds. The van der Waals surface area contributed by atoms with Gasteiger partial charge in [-0.3, -0.25) is 14.5 Å². The van der Waals surface area contributed by atoms with Crippen LogP contribution >= 0.6 is 11.6 Å². The van der Waals surface area contributed by atoms with Crippen LogP contribution in [0.4, 0.5) is 0 Å². The molecule has 4 rings (SSSR count). The summed E-state index contributed by atoms with van der Waals surface area (Å²) in [6.07, 6.45) is 0.0817. The van der Waals surface area contributed by atoms with Gasteiger partial charge < -0.3 is 24.4 Å². The Kier molecular flexibility index (Phi) is 10.8. The zero-order valence-electron chi connectivity index (χ0n) is 23.0. The topological polar surface area (TPSA) is 80.3 Å². The molecule has 0 saturated carbocycles. The van der Waals surface area contributed by atoms with Crippen molar-refractivity contribution >= 4 is 23.4 Å². The fourth-order valence-electron chi connectivity index (χ4n) is 4.74. The molecule has 1 heterocycles. The van der Waals surface area contributed by atoms with Crippen molar-refractivity contribution in [1.82, 2.24) is 15.1 Å². The minimum atomic E-state index is -0.825. The van der Waals surface area contributed by atoms with E-state index in [4.69, 9.17) is 25.8 Å². The van der Waals surface area contributed by atoms with Gasteiger partial charge in [-0.15, -0.1) is 0 Å². The molecule has 212 valence electrons. The number of hydrogen-bond donors (Lipinski definition) is 1. The van der Waals surface area contributed by atoms with E-state index in [1.165, 1.54) is 0 Å². The number of nitrogens with one attached hydrogen (secondary N) is 1. The fourth-order valence-corrected chi connectivity index (χ4v) is 4.87. The quantitative estimate of drug-likeness (QED) is 0.356. The van der Waals surface area contributed by atoms with E-state index < -0.39 is 6.04 Å². The molecule has 8 nitrogen and oxygen atoms in total. The van der Waals surface area contributed by atoms with Crippen molar-refractivity contribution < 1.29 is 23.8 Å². The smallest absolute Gasteiger partial charge is 0.247 e. The van der Waals surface area contributed by atoms with Crippen molar-refractivity contribution in [2.24, 2.45) is 0 Å². The van der Waals surface area contributed by atoms with Gasteiger partial charge >= 0.3 is 0 Å². The van der Waals surface area contributed by atoms with Gasteiger partial charge in [0.15, 0.2) is 11.5 Å². The largest absolute Gasteiger partial charge is 0.493 e. The van der Waals surface area contributed by atoms with Crippen LogP contribution in [0.2, 0.25) is 5.02 Å². The van der Waals surface area contributed by atoms with E-state index >= 15 is 0 Å². The number of nitrogens with zero attached hydrogens (tertiary/aromatic N) is 2. The van der Waals surface area contributed by atoms with Crippen molar-refractivity contribution in [3.05, 3.63) is 94.5 Å². The van der Waals surface area contributed by atoms with Gasteiger partial charge in [0.25, 0.3) is 0 Å². The summed E-state index contributed by atoms with van der Waals surface area (Å²) in [7, 11) is 3.13. The third-order valence-corrected chi connectivity index (χ3v) is 7.15. The van der Waals surface area contributed by atoms with Crippen LogP contribution in [-0.4, -0.2) is 75.2 Å². The van der Waals surface area contributed by atoms with Crippen LogP contribution in [0.3, 0.4) is 0 Å². The summed E-state index contributed by atoms with van der Waals surface area (Å²) < 4.78 is 16.2. The predicted octanol–water partition coefficient (Wildman–Crippen LogP) is 4.12. The van der Waals surface area contributed by atoms with E-state index in [0.29, 0.717) is 42.8 Å². The molecule has 1 fully saturated rings. The molecule has 3 aromatic carbocycles. The molecule has 1 aliphatic rings. The number of halogens is 1. The van der Waals surface area contributed by atoms with Crippen LogP contribution < -0.4 is 14.8 Å². The molecule has 3 aromatic rings. The van der Waals surface area contributed by atoms with Crippen LogP contribution in [0, 0.1) is 0 Å². The van der Waals surface area contributed by atoms with E-state index in [1.54, 1.807) is 43.4 Å². The highest BCUT2D eigenvalue weighted by molar-refractivity contribution is 6.30. The molecular weight excluding hydrogens is 530 g/mol. The highest BCUT2D eigenvalue weighted by atomic mass is 35.5. The Morgan fingerprint density at radius 1 is 0.950 bits per heavy atom. The van der Waals surface area contributed by atoms with E-state index in [1.807, 2.05) is 48.5 Å². The predicted molar refractivity (Wildman–Crippen MR) is 155 cm³/mol. The van der Waals surface area contributed by atoms with Gasteiger partial charge in [-0.05, 0) is 41.0 Å². The highest BCUT2D eigenvalue weighted by Crippen LogP contribution is 2.29. The zero-order valence-corrected chi connectivity index (χ0v) is 23.7. The number of hydrogen-bond acceptors (Lipinski definition) is 6. The number of rotatable bonds is 12. The molecule has 0 aromatic heterocycles. The van der Waals surface area contributed by atoms with Crippen LogP contribution in [0.5, 0.6) is 11.5 Å². The maximum atomic E-state index is 14.0. The molecule has 9 heteroatoms. The third kappa shape index (κ3) is 7.97. The van der Waals surface area contributed by atoms with Crippen molar-refractivity contribution in [2.75, 3.05) is 53.6 Å². The van der Waals surface area contributed by atoms with Gasteiger partial charge in [0.1, 0.15) is 6.04 Å². The summed E-state index contributed by atoms with van der Waals surface area (Å²) >= 11 is 6.12. The van der Waals surface area contributed by atoms with Crippen LogP contribution in [0.25, 0.3) is 0 Å². The first-order valence-corrected chi connectivity index (χ1v) is 13.7. The number of morpholine rings is 1. The van der Waals surface area contributed by atoms with Gasteiger partial charge in [-0.1, -0.05) is 60.1 Å². The second-order valence-corrected chi connectivity index (χ2v) is 10.0. The zero-order chi connectivity index (χ0) is 28.3. The maximum absolute atomic E-state index is 14.0. The normalized spacial score (nSPS) is 14.3. The Balaban J connectivity index is 1.61. The molecular formula is C31H36ClN3O5. The average molecular weight is 566 g/mol. The Bertz CT molecular complexity index is 1250. The summed E-state index contributed by atoms with van der Waals surface area (Å²) in [5.41, 5.74) is 2.36. The number of methoxy groups -OCH3 is 2. The Morgan fingerprint density at radius 3 is 2.30 bits per heavy atom. The van der Waals surface area contributed by atoms with E-state index in [2.05, 4.69) is 10.2 Å². The van der Waals surface area contributed by atoms with E-state index in [0.717, 1.165) is 29.8 Å². The lowest BCUT2D eigenvalue weighted by Gasteiger charge is -2.32. The van der Waals surface area contributed by atoms with E-state index in [9.17, 15) is 9.59 Å². The van der Waals surface area contributed by atoms with Gasteiger partial charge in [0.2, 0.25) is 11.8 Å². The summed E-state index contributed by atoms with van der Waals surface area (Å²) in [6, 6.07) is 21.3. The lowest BCUT2D eigenvalue weighted by molar-refractivity contribution is -0.141. The molecule has 1 aliphatic heterocycles. The molecule has 0 unspecified atom stereocenters. The molecule has 0 bridgehead atoms. The van der Waals surface area contributed by atoms with Crippen molar-refractivity contribution in [1.29, 1.82) is 0 Å². The van der Waals surface area contributed by atoms with Crippen molar-refractivity contribution in [3.63, 3.8) is 0 Å². The van der Waals surface area contributed by atoms with Crippen LogP contribution in [-0.2, 0) is 27.3 Å². The van der Waals surface area contributed by atoms with Gasteiger partial charge in [-0.25, -0.2) is 0 Å². The first kappa shape index (κ1) is 29.4. The number of carbonyl (C=O) groups is 2. The minimum Gasteiger partial charge on any atom is -0.493 e. The number of benzene rings is 3. The fraction of sp³-hybridized carbons (Fsp3) is 0.355. The molecule has 0 aliphatic carbocycles. The minimum absolute atomic E-state index is 0.0817. The lowest BCUT2D eigenvalue weighted by Crippen LogP contribution is -2.46. The Morgan fingerprint density at radius 2 is 1.62 bits per heavy atom. The number of ether oxygens (including phenoxy) is 3. The summed E-state index contributed by atoms with van der Waals surface area (Å²) in [5, 5.41) is 3.69. The number of amides is 2. The van der Waals surface area contributed by atoms with Gasteiger partial charge in [-0.2, -0.15) is 0 Å². The molecule has 1 N–H and O–H groups in total. The molecule has 40 heavy (non-hydrogen) atoms. The SMILES string of the molecule is COc1ccc(CC(=O)N(Cc2ccc(Cl)cc2)[C@@H](C(=O)NCCN2CCOCC2)c2ccccc2)cc1OC. The van der Waals surface area contributed by atoms with Crippen molar-refractivity contribution in [3.8, 4) is 11.5 Å². The molecule has 0 radical (unpaired) electrons. The standard InChI is InChI=1S/C31H36ClN3O5/c1-38-27-13-10-24(20-28(27)39-2)21-29(36)35(22-23-8-11-26(32)12-9-23)30(25-6-4-3-5-7-25)31(37)33-14-15-34-16-18-40-19-17-34/h3-13,20,30H,14-19,21-22H2,1-2H3,(H,33,37)/t30-/m1/s1. The summed E-state index contributed by atoms with van der Waals surface area (Å²) in [4.78, 5) is 31.7. The highest BCUT2D eigenvalue weighted by Gasteiger charge is 2.31. The maximum Gasteiger partial charge on any atom is 0.247 e. The summed E-state index contributed by atoms with van der Waals surface area (Å²) in [6.45, 7) is 4.49. The Labute approximate surface area is 240 Å². The third-order valence-electron chi connectivity index (χ3n) is 6.90. The molecule has 0 spiro atoms. The molecule has 1 atom stereocenters. The average Bonchev–Trinajstić information content (AvgIpc) is 2.99. The van der Waals surface area contributed by atoms with Gasteiger partial charge in [0, 0.05) is 37.7 Å². The summed E-state index contributed by atoms with van der Waals surface area (Å²) in [5.74, 6) is 0.699. The van der Waals surface area contributed by atoms with Crippen LogP contribution in [0.1, 0.15) is 22.7 Å². The number of carbonyl (C=O) groups excluding carboxylic acids is 2. The first-order valence-electron chi connectivity index (χ1n) is 13.4. The monoisotopic (exact) mass is 565 g/mol. The first-order chi connectivity index (χ1) is 19.5. The van der Waals surface area contributed by atoms with Crippen LogP contribution in [0.15, 0.2) is 72.8 Å². The van der Waals surface area contributed by atoms with Crippen molar-refractivity contribution in [2.45, 2.75) is 19.0 Å². The van der Waals surface area contributed by atoms with Gasteiger partial charge in [0.05, 0.1) is 33.9 Å². The molecule has 1 saturated heterocycles. The Hall–Kier alpha value is -3.59. The second-order valence-electron chi connectivity index (χ2n) is 9.57.